The number of hydrogen-bond donors (Lipinski definition) is 1. The van der Waals surface area contributed by atoms with E-state index >= 15 is 0 Å². The molecule has 4 heteroatoms. The topological polar surface area (TPSA) is 32.3 Å². The fraction of sp³-hybridized carbons (Fsp3) is 0.300. The summed E-state index contributed by atoms with van der Waals surface area (Å²) in [6.07, 6.45) is 0. The van der Waals surface area contributed by atoms with Gasteiger partial charge in [-0.2, -0.15) is 0 Å². The highest BCUT2D eigenvalue weighted by Gasteiger charge is 2.10. The summed E-state index contributed by atoms with van der Waals surface area (Å²) in [4.78, 5) is 12.9. The van der Waals surface area contributed by atoms with Gasteiger partial charge in [0.25, 0.3) is 0 Å². The minimum Gasteiger partial charge on any atom is -0.341 e. The Morgan fingerprint density at radius 3 is 2.43 bits per heavy atom. The van der Waals surface area contributed by atoms with Gasteiger partial charge in [0.05, 0.1) is 0 Å². The van der Waals surface area contributed by atoms with E-state index in [1.807, 2.05) is 6.92 Å². The smallest absolute Gasteiger partial charge is 0.321 e. The number of hydrogen-bond acceptors (Lipinski definition) is 1. The van der Waals surface area contributed by atoms with E-state index in [1.165, 1.54) is 17.0 Å². The number of amides is 2. The summed E-state index contributed by atoms with van der Waals surface area (Å²) in [6, 6.07) is 5.63. The van der Waals surface area contributed by atoms with Crippen molar-refractivity contribution in [3.05, 3.63) is 30.1 Å². The highest BCUT2D eigenvalue weighted by Crippen LogP contribution is 2.14. The van der Waals surface area contributed by atoms with E-state index in [9.17, 15) is 9.18 Å². The molecule has 0 heterocycles. The molecular formula is C10H13FN2O. The van der Waals surface area contributed by atoms with Crippen molar-refractivity contribution in [2.75, 3.05) is 18.5 Å². The summed E-state index contributed by atoms with van der Waals surface area (Å²) in [5.74, 6) is -0.304. The molecule has 0 saturated carbocycles. The molecule has 76 valence electrons. The quantitative estimate of drug-likeness (QED) is 0.770. The summed E-state index contributed by atoms with van der Waals surface area (Å²) in [5, 5.41) is 2.52. The van der Waals surface area contributed by atoms with Gasteiger partial charge in [0.2, 0.25) is 0 Å². The van der Waals surface area contributed by atoms with E-state index < -0.39 is 0 Å². The van der Waals surface area contributed by atoms with Gasteiger partial charge in [-0.15, -0.1) is 0 Å². The summed E-state index contributed by atoms with van der Waals surface area (Å²) in [5.41, 5.74) is 0.688. The average Bonchev–Trinajstić information content (AvgIpc) is 2.21. The van der Waals surface area contributed by atoms with E-state index in [2.05, 4.69) is 5.32 Å². The number of carbonyl (C=O) groups is 1. The molecule has 0 atom stereocenters. The van der Waals surface area contributed by atoms with Crippen LogP contribution in [0.1, 0.15) is 6.92 Å². The van der Waals surface area contributed by atoms with Crippen molar-refractivity contribution in [1.29, 1.82) is 0 Å². The summed E-state index contributed by atoms with van der Waals surface area (Å²) in [6.45, 7) is 2.41. The SMILES string of the molecule is CCN(C(=O)NC)c1ccc(F)cc1. The molecule has 3 nitrogen and oxygen atoms in total. The number of nitrogens with one attached hydrogen (secondary N) is 1. The van der Waals surface area contributed by atoms with Crippen LogP contribution in [-0.2, 0) is 0 Å². The Hall–Kier alpha value is -1.58. The number of halogens is 1. The first-order valence-electron chi connectivity index (χ1n) is 4.44. The van der Waals surface area contributed by atoms with E-state index in [0.717, 1.165) is 0 Å². The minimum absolute atomic E-state index is 0.195. The Kier molecular flexibility index (Phi) is 3.45. The molecule has 0 saturated heterocycles. The van der Waals surface area contributed by atoms with E-state index in [1.54, 1.807) is 19.2 Å². The maximum absolute atomic E-state index is 12.6. The van der Waals surface area contributed by atoms with Crippen molar-refractivity contribution in [3.63, 3.8) is 0 Å². The van der Waals surface area contributed by atoms with Crippen molar-refractivity contribution < 1.29 is 9.18 Å². The van der Waals surface area contributed by atoms with Crippen LogP contribution in [0.5, 0.6) is 0 Å². The van der Waals surface area contributed by atoms with E-state index in [4.69, 9.17) is 0 Å². The Labute approximate surface area is 82.5 Å². The fourth-order valence-corrected chi connectivity index (χ4v) is 1.20. The van der Waals surface area contributed by atoms with Gasteiger partial charge >= 0.3 is 6.03 Å². The molecule has 0 aliphatic heterocycles. The number of nitrogens with zero attached hydrogens (tertiary/aromatic N) is 1. The third kappa shape index (κ3) is 2.22. The predicted molar refractivity (Wildman–Crippen MR) is 53.9 cm³/mol. The van der Waals surface area contributed by atoms with Crippen molar-refractivity contribution >= 4 is 11.7 Å². The average molecular weight is 196 g/mol. The molecule has 0 fully saturated rings. The van der Waals surface area contributed by atoms with Crippen LogP contribution in [0.2, 0.25) is 0 Å². The molecule has 1 aromatic rings. The molecule has 14 heavy (non-hydrogen) atoms. The summed E-state index contributed by atoms with van der Waals surface area (Å²) in [7, 11) is 1.56. The molecule has 1 aromatic carbocycles. The largest absolute Gasteiger partial charge is 0.341 e. The number of rotatable bonds is 2. The van der Waals surface area contributed by atoms with Gasteiger partial charge in [0.15, 0.2) is 0 Å². The van der Waals surface area contributed by atoms with Gasteiger partial charge < -0.3 is 5.32 Å². The second-order valence-electron chi connectivity index (χ2n) is 2.78. The monoisotopic (exact) mass is 196 g/mol. The second kappa shape index (κ2) is 4.60. The molecule has 0 spiro atoms. The Morgan fingerprint density at radius 1 is 1.43 bits per heavy atom. The molecule has 0 radical (unpaired) electrons. The first kappa shape index (κ1) is 10.5. The van der Waals surface area contributed by atoms with Crippen molar-refractivity contribution in [1.82, 2.24) is 5.32 Å². The lowest BCUT2D eigenvalue weighted by Gasteiger charge is -2.20. The van der Waals surface area contributed by atoms with E-state index in [-0.39, 0.29) is 11.8 Å². The molecule has 0 bridgehead atoms. The third-order valence-corrected chi connectivity index (χ3v) is 1.91. The van der Waals surface area contributed by atoms with Crippen LogP contribution in [0.4, 0.5) is 14.9 Å². The maximum Gasteiger partial charge on any atom is 0.321 e. The predicted octanol–water partition coefficient (Wildman–Crippen LogP) is 1.99. The van der Waals surface area contributed by atoms with Crippen molar-refractivity contribution in [3.8, 4) is 0 Å². The molecule has 0 aromatic heterocycles. The standard InChI is InChI=1S/C10H13FN2O/c1-3-13(10(14)12-2)9-6-4-8(11)5-7-9/h4-7H,3H2,1-2H3,(H,12,14). The molecule has 1 N–H and O–H groups in total. The van der Waals surface area contributed by atoms with Gasteiger partial charge in [-0.1, -0.05) is 0 Å². The van der Waals surface area contributed by atoms with Crippen LogP contribution < -0.4 is 10.2 Å². The van der Waals surface area contributed by atoms with Crippen LogP contribution in [-0.4, -0.2) is 19.6 Å². The Bertz CT molecular complexity index is 310. The van der Waals surface area contributed by atoms with Gasteiger partial charge in [-0.05, 0) is 31.2 Å². The van der Waals surface area contributed by atoms with E-state index in [0.29, 0.717) is 12.2 Å². The van der Waals surface area contributed by atoms with Crippen molar-refractivity contribution in [2.45, 2.75) is 6.92 Å². The lowest BCUT2D eigenvalue weighted by molar-refractivity contribution is 0.248. The fourth-order valence-electron chi connectivity index (χ4n) is 1.20. The second-order valence-corrected chi connectivity index (χ2v) is 2.78. The first-order valence-corrected chi connectivity index (χ1v) is 4.44. The number of carbonyl (C=O) groups excluding carboxylic acids is 1. The highest BCUT2D eigenvalue weighted by atomic mass is 19.1. The first-order chi connectivity index (χ1) is 6.69. The van der Waals surface area contributed by atoms with Gasteiger partial charge in [-0.25, -0.2) is 9.18 Å². The normalized spacial score (nSPS) is 9.64. The molecule has 2 amide bonds. The maximum atomic E-state index is 12.6. The molecule has 0 aliphatic carbocycles. The molecule has 0 aliphatic rings. The van der Waals surface area contributed by atoms with Crippen LogP contribution in [0.3, 0.4) is 0 Å². The lowest BCUT2D eigenvalue weighted by atomic mass is 10.3. The Morgan fingerprint density at radius 2 is 2.00 bits per heavy atom. The number of anilines is 1. The molecule has 0 unspecified atom stereocenters. The van der Waals surface area contributed by atoms with Crippen LogP contribution in [0.25, 0.3) is 0 Å². The zero-order valence-corrected chi connectivity index (χ0v) is 8.25. The highest BCUT2D eigenvalue weighted by molar-refractivity contribution is 5.91. The number of urea groups is 1. The molecule has 1 rings (SSSR count). The number of benzene rings is 1. The van der Waals surface area contributed by atoms with Crippen LogP contribution in [0.15, 0.2) is 24.3 Å². The van der Waals surface area contributed by atoms with Crippen LogP contribution >= 0.6 is 0 Å². The van der Waals surface area contributed by atoms with Gasteiger partial charge in [0, 0.05) is 19.3 Å². The Balaban J connectivity index is 2.89. The summed E-state index contributed by atoms with van der Waals surface area (Å²) >= 11 is 0. The zero-order valence-electron chi connectivity index (χ0n) is 8.25. The van der Waals surface area contributed by atoms with Gasteiger partial charge in [0.1, 0.15) is 5.82 Å². The zero-order chi connectivity index (χ0) is 10.6. The van der Waals surface area contributed by atoms with Crippen molar-refractivity contribution in [2.24, 2.45) is 0 Å². The van der Waals surface area contributed by atoms with Gasteiger partial charge in [-0.3, -0.25) is 4.90 Å². The lowest BCUT2D eigenvalue weighted by Crippen LogP contribution is -2.37. The van der Waals surface area contributed by atoms with Crippen LogP contribution in [0, 0.1) is 5.82 Å². The molecular weight excluding hydrogens is 183 g/mol. The minimum atomic E-state index is -0.304. The summed E-state index contributed by atoms with van der Waals surface area (Å²) < 4.78 is 12.6. The third-order valence-electron chi connectivity index (χ3n) is 1.91.